The second-order valence-electron chi connectivity index (χ2n) is 4.17. The van der Waals surface area contributed by atoms with Crippen LogP contribution in [0.15, 0.2) is 0 Å². The smallest absolute Gasteiger partial charge is 0.0512 e. The molecule has 2 atom stereocenters. The van der Waals surface area contributed by atoms with E-state index in [4.69, 9.17) is 10.8 Å². The van der Waals surface area contributed by atoms with E-state index in [9.17, 15) is 0 Å². The highest BCUT2D eigenvalue weighted by atomic mass is 16.3. The summed E-state index contributed by atoms with van der Waals surface area (Å²) in [6.45, 7) is 4.95. The van der Waals surface area contributed by atoms with Gasteiger partial charge in [0.15, 0.2) is 0 Å². The molecule has 0 fully saturated rings. The Hall–Kier alpha value is -0.0800. The van der Waals surface area contributed by atoms with E-state index in [-0.39, 0.29) is 6.10 Å². The molecule has 0 aromatic carbocycles. The molecule has 0 saturated carbocycles. The number of aliphatic hydroxyl groups excluding tert-OH is 1. The average molecular weight is 187 g/mol. The zero-order valence-corrected chi connectivity index (χ0v) is 9.13. The van der Waals surface area contributed by atoms with Gasteiger partial charge in [0.1, 0.15) is 0 Å². The maximum Gasteiger partial charge on any atom is 0.0512 e. The Morgan fingerprint density at radius 3 is 2.23 bits per heavy atom. The summed E-state index contributed by atoms with van der Waals surface area (Å²) >= 11 is 0. The van der Waals surface area contributed by atoms with Gasteiger partial charge in [0, 0.05) is 0 Å². The van der Waals surface area contributed by atoms with E-state index in [2.05, 4.69) is 6.92 Å². The van der Waals surface area contributed by atoms with Gasteiger partial charge >= 0.3 is 0 Å². The highest BCUT2D eigenvalue weighted by molar-refractivity contribution is 4.57. The minimum Gasteiger partial charge on any atom is -0.393 e. The fourth-order valence-corrected chi connectivity index (χ4v) is 1.48. The molecule has 2 unspecified atom stereocenters. The van der Waals surface area contributed by atoms with Gasteiger partial charge < -0.3 is 10.8 Å². The molecule has 0 spiro atoms. The first-order chi connectivity index (χ1) is 6.16. The van der Waals surface area contributed by atoms with E-state index in [1.54, 1.807) is 0 Å². The van der Waals surface area contributed by atoms with Gasteiger partial charge in [-0.2, -0.15) is 0 Å². The number of nitrogens with two attached hydrogens (primary N) is 1. The summed E-state index contributed by atoms with van der Waals surface area (Å²) in [6.07, 6.45) is 6.95. The van der Waals surface area contributed by atoms with Gasteiger partial charge in [-0.15, -0.1) is 0 Å². The lowest BCUT2D eigenvalue weighted by Crippen LogP contribution is -2.04. The van der Waals surface area contributed by atoms with E-state index in [1.165, 1.54) is 19.3 Å². The lowest BCUT2D eigenvalue weighted by atomic mass is 9.97. The van der Waals surface area contributed by atoms with Gasteiger partial charge in [-0.1, -0.05) is 26.2 Å². The lowest BCUT2D eigenvalue weighted by molar-refractivity contribution is 0.173. The van der Waals surface area contributed by atoms with E-state index < -0.39 is 0 Å². The number of unbranched alkanes of at least 4 members (excludes halogenated alkanes) is 2. The maximum atomic E-state index is 9.09. The van der Waals surface area contributed by atoms with Crippen LogP contribution in [0.3, 0.4) is 0 Å². The summed E-state index contributed by atoms with van der Waals surface area (Å²) in [5, 5.41) is 9.09. The topological polar surface area (TPSA) is 46.2 Å². The standard InChI is InChI=1S/C11H25NO/c1-10(7-8-11(2)13)6-4-3-5-9-12/h10-11,13H,3-9,12H2,1-2H3. The Bertz CT molecular complexity index is 104. The van der Waals surface area contributed by atoms with Crippen molar-refractivity contribution in [1.82, 2.24) is 0 Å². The number of hydrogen-bond acceptors (Lipinski definition) is 2. The first-order valence-corrected chi connectivity index (χ1v) is 5.55. The van der Waals surface area contributed by atoms with Crippen LogP contribution in [-0.2, 0) is 0 Å². The number of aliphatic hydroxyl groups is 1. The van der Waals surface area contributed by atoms with Crippen molar-refractivity contribution in [3.8, 4) is 0 Å². The van der Waals surface area contributed by atoms with Gasteiger partial charge in [-0.05, 0) is 38.6 Å². The highest BCUT2D eigenvalue weighted by Gasteiger charge is 2.03. The predicted molar refractivity (Wildman–Crippen MR) is 57.6 cm³/mol. The first kappa shape index (κ1) is 12.9. The molecular weight excluding hydrogens is 162 g/mol. The molecule has 0 aliphatic heterocycles. The molecule has 2 heteroatoms. The van der Waals surface area contributed by atoms with Gasteiger partial charge in [0.25, 0.3) is 0 Å². The quantitative estimate of drug-likeness (QED) is 0.573. The average Bonchev–Trinajstić information content (AvgIpc) is 2.09. The third-order valence-corrected chi connectivity index (χ3v) is 2.48. The molecule has 2 nitrogen and oxygen atoms in total. The van der Waals surface area contributed by atoms with Crippen molar-refractivity contribution in [2.24, 2.45) is 11.7 Å². The first-order valence-electron chi connectivity index (χ1n) is 5.55. The Balaban J connectivity index is 3.15. The molecule has 0 aliphatic rings. The predicted octanol–water partition coefficient (Wildman–Crippen LogP) is 2.30. The molecule has 0 amide bonds. The van der Waals surface area contributed by atoms with Crippen LogP contribution in [0, 0.1) is 5.92 Å². The van der Waals surface area contributed by atoms with Crippen LogP contribution >= 0.6 is 0 Å². The SMILES string of the molecule is CC(O)CCC(C)CCCCCN. The van der Waals surface area contributed by atoms with Crippen LogP contribution in [0.25, 0.3) is 0 Å². The van der Waals surface area contributed by atoms with Crippen LogP contribution < -0.4 is 5.73 Å². The lowest BCUT2D eigenvalue weighted by Gasteiger charge is -2.11. The van der Waals surface area contributed by atoms with Crippen molar-refractivity contribution in [2.45, 2.75) is 58.5 Å². The molecule has 0 rings (SSSR count). The van der Waals surface area contributed by atoms with Crippen molar-refractivity contribution < 1.29 is 5.11 Å². The Morgan fingerprint density at radius 2 is 1.69 bits per heavy atom. The van der Waals surface area contributed by atoms with Crippen molar-refractivity contribution in [1.29, 1.82) is 0 Å². The molecule has 0 heterocycles. The second kappa shape index (κ2) is 8.52. The zero-order valence-electron chi connectivity index (χ0n) is 9.13. The minimum absolute atomic E-state index is 0.133. The monoisotopic (exact) mass is 187 g/mol. The van der Waals surface area contributed by atoms with Gasteiger partial charge in [0.05, 0.1) is 6.10 Å². The van der Waals surface area contributed by atoms with Crippen molar-refractivity contribution in [2.75, 3.05) is 6.54 Å². The Morgan fingerprint density at radius 1 is 1.00 bits per heavy atom. The molecule has 0 aromatic rings. The van der Waals surface area contributed by atoms with Gasteiger partial charge in [-0.25, -0.2) is 0 Å². The van der Waals surface area contributed by atoms with E-state index >= 15 is 0 Å². The van der Waals surface area contributed by atoms with Crippen molar-refractivity contribution >= 4 is 0 Å². The fourth-order valence-electron chi connectivity index (χ4n) is 1.48. The molecule has 0 bridgehead atoms. The molecule has 3 N–H and O–H groups in total. The van der Waals surface area contributed by atoms with E-state index in [0.29, 0.717) is 0 Å². The molecule has 13 heavy (non-hydrogen) atoms. The molecule has 80 valence electrons. The normalized spacial score (nSPS) is 15.7. The van der Waals surface area contributed by atoms with E-state index in [1.807, 2.05) is 6.92 Å². The molecule has 0 aromatic heterocycles. The summed E-state index contributed by atoms with van der Waals surface area (Å²) in [5.41, 5.74) is 5.41. The van der Waals surface area contributed by atoms with Crippen molar-refractivity contribution in [3.05, 3.63) is 0 Å². The van der Waals surface area contributed by atoms with Crippen LogP contribution in [-0.4, -0.2) is 17.8 Å². The van der Waals surface area contributed by atoms with Crippen LogP contribution in [0.5, 0.6) is 0 Å². The molecule has 0 radical (unpaired) electrons. The molecular formula is C11H25NO. The van der Waals surface area contributed by atoms with Crippen LogP contribution in [0.1, 0.15) is 52.4 Å². The van der Waals surface area contributed by atoms with Gasteiger partial charge in [-0.3, -0.25) is 0 Å². The fraction of sp³-hybridized carbons (Fsp3) is 1.00. The molecule has 0 saturated heterocycles. The van der Waals surface area contributed by atoms with Gasteiger partial charge in [0.2, 0.25) is 0 Å². The van der Waals surface area contributed by atoms with Crippen molar-refractivity contribution in [3.63, 3.8) is 0 Å². The molecule has 0 aliphatic carbocycles. The van der Waals surface area contributed by atoms with Crippen LogP contribution in [0.2, 0.25) is 0 Å². The zero-order chi connectivity index (χ0) is 10.1. The summed E-state index contributed by atoms with van der Waals surface area (Å²) in [5.74, 6) is 0.757. The second-order valence-corrected chi connectivity index (χ2v) is 4.17. The largest absolute Gasteiger partial charge is 0.393 e. The minimum atomic E-state index is -0.133. The van der Waals surface area contributed by atoms with Crippen LogP contribution in [0.4, 0.5) is 0 Å². The maximum absolute atomic E-state index is 9.09. The summed E-state index contributed by atoms with van der Waals surface area (Å²) < 4.78 is 0. The summed E-state index contributed by atoms with van der Waals surface area (Å²) in [7, 11) is 0. The third-order valence-electron chi connectivity index (χ3n) is 2.48. The van der Waals surface area contributed by atoms with E-state index in [0.717, 1.165) is 31.7 Å². The summed E-state index contributed by atoms with van der Waals surface area (Å²) in [6, 6.07) is 0. The Labute approximate surface area is 82.5 Å². The highest BCUT2D eigenvalue weighted by Crippen LogP contribution is 2.15. The summed E-state index contributed by atoms with van der Waals surface area (Å²) in [4.78, 5) is 0. The third kappa shape index (κ3) is 9.84. The number of rotatable bonds is 8. The number of hydrogen-bond donors (Lipinski definition) is 2. The Kier molecular flexibility index (Phi) is 8.46.